The zero-order chi connectivity index (χ0) is 14.9. The lowest BCUT2D eigenvalue weighted by Crippen LogP contribution is -2.58. The Morgan fingerprint density at radius 3 is 2.60 bits per heavy atom. The number of benzene rings is 1. The zero-order valence-corrected chi connectivity index (χ0v) is 13.8. The Morgan fingerprint density at radius 2 is 2.00 bits per heavy atom. The molecule has 112 valence electrons. The van der Waals surface area contributed by atoms with Crippen LogP contribution in [0.15, 0.2) is 18.2 Å². The molecule has 2 rings (SSSR count). The lowest BCUT2D eigenvalue weighted by molar-refractivity contribution is -0.108. The molecule has 2 unspecified atom stereocenters. The van der Waals surface area contributed by atoms with E-state index >= 15 is 0 Å². The topological polar surface area (TPSA) is 21.3 Å². The summed E-state index contributed by atoms with van der Waals surface area (Å²) in [4.78, 5) is 0. The fourth-order valence-corrected chi connectivity index (χ4v) is 2.82. The van der Waals surface area contributed by atoms with Crippen molar-refractivity contribution in [2.45, 2.75) is 60.1 Å². The first-order valence-electron chi connectivity index (χ1n) is 7.76. The first-order chi connectivity index (χ1) is 9.32. The molecule has 0 bridgehead atoms. The van der Waals surface area contributed by atoms with Crippen LogP contribution in [0.2, 0.25) is 0 Å². The van der Waals surface area contributed by atoms with Gasteiger partial charge in [-0.3, -0.25) is 0 Å². The Kier molecular flexibility index (Phi) is 4.43. The van der Waals surface area contributed by atoms with Gasteiger partial charge in [-0.2, -0.15) is 0 Å². The van der Waals surface area contributed by atoms with E-state index in [4.69, 9.17) is 4.74 Å². The van der Waals surface area contributed by atoms with Crippen LogP contribution in [0, 0.1) is 25.2 Å². The van der Waals surface area contributed by atoms with E-state index in [1.54, 1.807) is 0 Å². The Hall–Kier alpha value is -1.02. The van der Waals surface area contributed by atoms with Crippen LogP contribution >= 0.6 is 0 Å². The van der Waals surface area contributed by atoms with E-state index in [1.807, 2.05) is 0 Å². The molecule has 0 aromatic heterocycles. The van der Waals surface area contributed by atoms with Crippen molar-refractivity contribution in [2.24, 2.45) is 11.3 Å². The lowest BCUT2D eigenvalue weighted by Gasteiger charge is -2.52. The minimum atomic E-state index is 0.199. The third-order valence-corrected chi connectivity index (χ3v) is 4.74. The molecule has 1 saturated carbocycles. The van der Waals surface area contributed by atoms with Gasteiger partial charge in [0.1, 0.15) is 0 Å². The van der Waals surface area contributed by atoms with Crippen molar-refractivity contribution in [3.05, 3.63) is 29.3 Å². The van der Waals surface area contributed by atoms with Crippen molar-refractivity contribution in [1.29, 1.82) is 0 Å². The first-order valence-corrected chi connectivity index (χ1v) is 7.76. The highest BCUT2D eigenvalue weighted by Gasteiger charge is 2.49. The maximum atomic E-state index is 6.04. The molecule has 2 nitrogen and oxygen atoms in total. The summed E-state index contributed by atoms with van der Waals surface area (Å²) < 4.78 is 6.04. The second-order valence-corrected chi connectivity index (χ2v) is 7.22. The molecule has 0 heterocycles. The van der Waals surface area contributed by atoms with Crippen LogP contribution < -0.4 is 5.32 Å². The summed E-state index contributed by atoms with van der Waals surface area (Å²) in [5.74, 6) is 0.608. The largest absolute Gasteiger partial charge is 0.381 e. The predicted octanol–water partition coefficient (Wildman–Crippen LogP) is 4.56. The van der Waals surface area contributed by atoms with Crippen molar-refractivity contribution in [3.8, 4) is 0 Å². The highest BCUT2D eigenvalue weighted by Crippen LogP contribution is 2.44. The molecule has 2 atom stereocenters. The van der Waals surface area contributed by atoms with Gasteiger partial charge in [0.15, 0.2) is 0 Å². The first kappa shape index (κ1) is 15.4. The highest BCUT2D eigenvalue weighted by molar-refractivity contribution is 5.55. The monoisotopic (exact) mass is 275 g/mol. The average Bonchev–Trinajstić information content (AvgIpc) is 2.37. The van der Waals surface area contributed by atoms with Gasteiger partial charge in [0.05, 0.1) is 6.10 Å². The third kappa shape index (κ3) is 3.01. The molecular weight excluding hydrogens is 246 g/mol. The number of rotatable bonds is 5. The normalized spacial score (nSPS) is 24.6. The molecule has 2 heteroatoms. The minimum absolute atomic E-state index is 0.199. The second-order valence-electron chi connectivity index (χ2n) is 7.22. The molecule has 1 N–H and O–H groups in total. The van der Waals surface area contributed by atoms with E-state index in [0.29, 0.717) is 18.1 Å². The molecule has 1 fully saturated rings. The van der Waals surface area contributed by atoms with Gasteiger partial charge in [0.25, 0.3) is 0 Å². The van der Waals surface area contributed by atoms with Gasteiger partial charge in [-0.05, 0) is 43.4 Å². The molecule has 20 heavy (non-hydrogen) atoms. The molecule has 0 aliphatic heterocycles. The molecule has 0 spiro atoms. The smallest absolute Gasteiger partial charge is 0.0665 e. The highest BCUT2D eigenvalue weighted by atomic mass is 16.5. The quantitative estimate of drug-likeness (QED) is 0.851. The van der Waals surface area contributed by atoms with Crippen LogP contribution in [-0.4, -0.2) is 18.8 Å². The Bertz CT molecular complexity index is 464. The van der Waals surface area contributed by atoms with E-state index < -0.39 is 0 Å². The fraction of sp³-hybridized carbons (Fsp3) is 0.667. The summed E-state index contributed by atoms with van der Waals surface area (Å²) in [6.45, 7) is 14.3. The fourth-order valence-electron chi connectivity index (χ4n) is 2.82. The van der Waals surface area contributed by atoms with E-state index in [1.165, 1.54) is 16.8 Å². The number of hydrogen-bond acceptors (Lipinski definition) is 2. The van der Waals surface area contributed by atoms with Gasteiger partial charge in [-0.15, -0.1) is 0 Å². The number of aryl methyl sites for hydroxylation is 1. The van der Waals surface area contributed by atoms with Gasteiger partial charge in [-0.1, -0.05) is 39.8 Å². The van der Waals surface area contributed by atoms with Gasteiger partial charge in [0, 0.05) is 23.8 Å². The van der Waals surface area contributed by atoms with E-state index in [9.17, 15) is 0 Å². The molecule has 1 aliphatic rings. The van der Waals surface area contributed by atoms with Crippen LogP contribution in [0.5, 0.6) is 0 Å². The Morgan fingerprint density at radius 1 is 1.30 bits per heavy atom. The van der Waals surface area contributed by atoms with Gasteiger partial charge in [0.2, 0.25) is 0 Å². The Balaban J connectivity index is 1.97. The summed E-state index contributed by atoms with van der Waals surface area (Å²) in [7, 11) is 0. The summed E-state index contributed by atoms with van der Waals surface area (Å²) in [6.07, 6.45) is 1.49. The van der Waals surface area contributed by atoms with Crippen LogP contribution in [0.1, 0.15) is 45.2 Å². The number of anilines is 1. The number of ether oxygens (including phenoxy) is 1. The maximum Gasteiger partial charge on any atom is 0.0665 e. The lowest BCUT2D eigenvalue weighted by atomic mass is 9.64. The van der Waals surface area contributed by atoms with Crippen LogP contribution in [-0.2, 0) is 4.74 Å². The SMILES string of the molecule is Cc1cccc(NC2CC(OCC(C)C)C2(C)C)c1C. The van der Waals surface area contributed by atoms with Gasteiger partial charge >= 0.3 is 0 Å². The zero-order valence-electron chi connectivity index (χ0n) is 13.8. The van der Waals surface area contributed by atoms with Crippen molar-refractivity contribution in [3.63, 3.8) is 0 Å². The maximum absolute atomic E-state index is 6.04. The molecule has 0 amide bonds. The molecule has 0 radical (unpaired) electrons. The number of nitrogens with one attached hydrogen (secondary N) is 1. The molecule has 1 aromatic carbocycles. The number of hydrogen-bond donors (Lipinski definition) is 1. The van der Waals surface area contributed by atoms with Crippen LogP contribution in [0.3, 0.4) is 0 Å². The third-order valence-electron chi connectivity index (χ3n) is 4.74. The van der Waals surface area contributed by atoms with Crippen molar-refractivity contribution >= 4 is 5.69 Å². The van der Waals surface area contributed by atoms with Crippen molar-refractivity contribution in [1.82, 2.24) is 0 Å². The second kappa shape index (κ2) is 5.77. The summed E-state index contributed by atoms with van der Waals surface area (Å²) in [5.41, 5.74) is 4.17. The minimum Gasteiger partial charge on any atom is -0.381 e. The summed E-state index contributed by atoms with van der Waals surface area (Å²) >= 11 is 0. The standard InChI is InChI=1S/C18H29NO/c1-12(2)11-20-17-10-16(18(17,5)6)19-15-9-7-8-13(3)14(15)4/h7-9,12,16-17,19H,10-11H2,1-6H3. The van der Waals surface area contributed by atoms with Crippen molar-refractivity contribution < 1.29 is 4.74 Å². The molecule has 1 aliphatic carbocycles. The van der Waals surface area contributed by atoms with Gasteiger partial charge < -0.3 is 10.1 Å². The Labute approximate surface area is 123 Å². The van der Waals surface area contributed by atoms with E-state index in [2.05, 4.69) is 65.1 Å². The predicted molar refractivity (Wildman–Crippen MR) is 86.3 cm³/mol. The summed E-state index contributed by atoms with van der Waals surface area (Å²) in [5, 5.41) is 3.72. The van der Waals surface area contributed by atoms with Gasteiger partial charge in [-0.25, -0.2) is 0 Å². The van der Waals surface area contributed by atoms with Crippen molar-refractivity contribution in [2.75, 3.05) is 11.9 Å². The van der Waals surface area contributed by atoms with Crippen LogP contribution in [0.25, 0.3) is 0 Å². The summed E-state index contributed by atoms with van der Waals surface area (Å²) in [6, 6.07) is 6.98. The van der Waals surface area contributed by atoms with E-state index in [-0.39, 0.29) is 5.41 Å². The molecule has 1 aromatic rings. The molecule has 0 saturated heterocycles. The van der Waals surface area contributed by atoms with Crippen LogP contribution in [0.4, 0.5) is 5.69 Å². The molecular formula is C18H29NO. The average molecular weight is 275 g/mol. The van der Waals surface area contributed by atoms with E-state index in [0.717, 1.165) is 13.0 Å².